The van der Waals surface area contributed by atoms with Crippen LogP contribution in [-0.2, 0) is 40.2 Å². The largest absolute Gasteiger partial charge is 0.470 e. The van der Waals surface area contributed by atoms with E-state index < -0.39 is 44.5 Å². The van der Waals surface area contributed by atoms with Gasteiger partial charge in [0.05, 0.1) is 18.8 Å². The van der Waals surface area contributed by atoms with E-state index in [0.29, 0.717) is 12.8 Å². The molecule has 8 rings (SSSR count). The molecule has 2 aliphatic rings. The zero-order chi connectivity index (χ0) is 56.9. The summed E-state index contributed by atoms with van der Waals surface area (Å²) in [7, 11) is -9.16. The van der Waals surface area contributed by atoms with Gasteiger partial charge >= 0.3 is 15.6 Å². The number of benzene rings is 6. The van der Waals surface area contributed by atoms with Gasteiger partial charge in [-0.1, -0.05) is 204 Å². The van der Waals surface area contributed by atoms with Crippen LogP contribution >= 0.6 is 15.6 Å². The van der Waals surface area contributed by atoms with Crippen molar-refractivity contribution < 1.29 is 53.1 Å². The molecule has 6 aromatic rings. The van der Waals surface area contributed by atoms with Gasteiger partial charge in [-0.3, -0.25) is 9.05 Å². The quantitative estimate of drug-likeness (QED) is 0.0317. The Morgan fingerprint density at radius 2 is 0.835 bits per heavy atom. The van der Waals surface area contributed by atoms with Crippen LogP contribution in [0.2, 0.25) is 0 Å². The van der Waals surface area contributed by atoms with Gasteiger partial charge in [0.2, 0.25) is 0 Å². The average molecular weight is 1120 g/mol. The van der Waals surface area contributed by atoms with Crippen LogP contribution in [0.15, 0.2) is 170 Å². The number of phosphoric ester groups is 2. The molecule has 13 nitrogen and oxygen atoms in total. The van der Waals surface area contributed by atoms with Crippen LogP contribution in [0.3, 0.4) is 0 Å². The van der Waals surface area contributed by atoms with Crippen LogP contribution in [0.5, 0.6) is 0 Å². The highest BCUT2D eigenvalue weighted by atomic mass is 31.2. The molecule has 15 heteroatoms. The summed E-state index contributed by atoms with van der Waals surface area (Å²) in [6, 6.07) is 55.2. The van der Waals surface area contributed by atoms with Gasteiger partial charge in [-0.2, -0.15) is 0 Å². The number of nitrogens with zero attached hydrogens (tertiary/aromatic N) is 2. The zero-order valence-electron chi connectivity index (χ0n) is 46.6. The van der Waals surface area contributed by atoms with Gasteiger partial charge in [0.15, 0.2) is 0 Å². The Morgan fingerprint density at radius 3 is 1.19 bits per heavy atom. The molecule has 2 aliphatic heterocycles. The average Bonchev–Trinajstić information content (AvgIpc) is 3.49. The molecular formula is C64H84N2O11P2. The van der Waals surface area contributed by atoms with Crippen LogP contribution in [-0.4, -0.2) is 90.6 Å². The number of hydrogen-bond donors (Lipinski definition) is 7. The molecule has 2 heterocycles. The van der Waals surface area contributed by atoms with Crippen LogP contribution in [0.1, 0.15) is 143 Å². The summed E-state index contributed by atoms with van der Waals surface area (Å²) in [5.41, 5.74) is 4.71. The predicted octanol–water partition coefficient (Wildman–Crippen LogP) is 12.1. The minimum atomic E-state index is -4.63. The molecule has 0 saturated carbocycles. The lowest BCUT2D eigenvalue weighted by Gasteiger charge is -2.42. The van der Waals surface area contributed by atoms with Crippen molar-refractivity contribution in [1.29, 1.82) is 0 Å². The van der Waals surface area contributed by atoms with Crippen molar-refractivity contribution in [2.24, 2.45) is 11.8 Å². The number of rotatable bonds is 22. The lowest BCUT2D eigenvalue weighted by Crippen LogP contribution is -2.44. The molecule has 79 heavy (non-hydrogen) atoms. The fourth-order valence-corrected chi connectivity index (χ4v) is 12.5. The highest BCUT2D eigenvalue weighted by Crippen LogP contribution is 2.46. The third kappa shape index (κ3) is 17.2. The number of hydrogen-bond acceptors (Lipinski definition) is 9. The van der Waals surface area contributed by atoms with E-state index in [4.69, 9.17) is 18.8 Å². The first kappa shape index (κ1) is 61.9. The van der Waals surface area contributed by atoms with E-state index in [9.17, 15) is 34.2 Å². The maximum atomic E-state index is 12.1. The smallest absolute Gasteiger partial charge is 0.388 e. The normalized spacial score (nSPS) is 16.7. The lowest BCUT2D eigenvalue weighted by atomic mass is 9.72. The Labute approximate surface area is 468 Å². The number of likely N-dealkylation sites (tertiary alicyclic amines) is 2. The van der Waals surface area contributed by atoms with Gasteiger partial charge in [-0.15, -0.1) is 0 Å². The summed E-state index contributed by atoms with van der Waals surface area (Å²) in [6.07, 6.45) is 5.01. The first-order chi connectivity index (χ1) is 37.5. The van der Waals surface area contributed by atoms with E-state index >= 15 is 0 Å². The molecule has 0 spiro atoms. The maximum absolute atomic E-state index is 12.1. The molecule has 6 aromatic carbocycles. The topological polar surface area (TPSA) is 201 Å². The lowest BCUT2D eigenvalue weighted by molar-refractivity contribution is -0.0148. The second-order valence-corrected chi connectivity index (χ2v) is 25.7. The number of piperidine rings is 2. The van der Waals surface area contributed by atoms with Crippen molar-refractivity contribution in [1.82, 2.24) is 9.80 Å². The molecule has 0 aliphatic carbocycles. The summed E-state index contributed by atoms with van der Waals surface area (Å²) in [5.74, 6) is 0.208. The van der Waals surface area contributed by atoms with Gasteiger partial charge in [0.25, 0.3) is 0 Å². The molecule has 2 unspecified atom stereocenters. The standard InChI is InChI=1S/C32H42NO6P.C32H42NO5P/c1-31(2,24-39-40(36,37)38)26-17-15-25(16-18-26)30(34)14-9-21-33-22-19-29(20-23-33)32(35,27-10-5-3-6-11-27)28-12-7-4-8-13-28;1-31(2,3)26-18-16-25(17-19-26)30(38-39(35,36)37)15-10-22-33-23-20-29(21-24-33)32(34,27-11-6-4-7-12-27)28-13-8-5-9-14-28/h3-8,10-13,15-18,29-30,34-35H,9,14,19-24H2,1-2H3,(H2,36,37,38);4-9,11-14,16-19,29-30,34H,10,15,20-24H2,1-3H3,(H2,35,36,37). The van der Waals surface area contributed by atoms with E-state index in [-0.39, 0.29) is 23.9 Å². The SMILES string of the molecule is CC(C)(C)c1ccc(C(CCCN2CCC(C(O)(c3ccccc3)c3ccccc3)CC2)OP(=O)(O)O)cc1.CC(C)(COP(=O)(O)O)c1ccc(C(O)CCCN2CCC(C(O)(c3ccccc3)c3ccccc3)CC2)cc1. The molecule has 0 bridgehead atoms. The van der Waals surface area contributed by atoms with Crippen molar-refractivity contribution in [3.63, 3.8) is 0 Å². The van der Waals surface area contributed by atoms with Gasteiger partial charge in [-0.25, -0.2) is 9.13 Å². The first-order valence-electron chi connectivity index (χ1n) is 27.9. The molecule has 426 valence electrons. The fourth-order valence-electron chi connectivity index (χ4n) is 11.5. The molecule has 0 amide bonds. The van der Waals surface area contributed by atoms with Crippen LogP contribution in [0, 0.1) is 11.8 Å². The molecule has 2 saturated heterocycles. The summed E-state index contributed by atoms with van der Waals surface area (Å²) in [5, 5.41) is 35.0. The Morgan fingerprint density at radius 1 is 0.481 bits per heavy atom. The van der Waals surface area contributed by atoms with Crippen molar-refractivity contribution in [2.75, 3.05) is 45.9 Å². The van der Waals surface area contributed by atoms with Gasteiger partial charge in [0, 0.05) is 5.41 Å². The monoisotopic (exact) mass is 1120 g/mol. The molecular weight excluding hydrogens is 1030 g/mol. The van der Waals surface area contributed by atoms with Crippen LogP contribution in [0.4, 0.5) is 0 Å². The van der Waals surface area contributed by atoms with Crippen molar-refractivity contribution in [3.05, 3.63) is 214 Å². The Bertz CT molecular complexity index is 2770. The second-order valence-electron chi connectivity index (χ2n) is 23.3. The minimum Gasteiger partial charge on any atom is -0.388 e. The Hall–Kier alpha value is -4.66. The van der Waals surface area contributed by atoms with E-state index in [1.165, 1.54) is 0 Å². The van der Waals surface area contributed by atoms with Crippen LogP contribution in [0.25, 0.3) is 0 Å². The van der Waals surface area contributed by atoms with E-state index in [2.05, 4.69) is 30.6 Å². The summed E-state index contributed by atoms with van der Waals surface area (Å²) in [4.78, 5) is 41.9. The summed E-state index contributed by atoms with van der Waals surface area (Å²) < 4.78 is 32.7. The molecule has 7 N–H and O–H groups in total. The molecule has 2 fully saturated rings. The van der Waals surface area contributed by atoms with Crippen molar-refractivity contribution in [3.8, 4) is 0 Å². The zero-order valence-corrected chi connectivity index (χ0v) is 48.4. The van der Waals surface area contributed by atoms with Crippen molar-refractivity contribution >= 4 is 15.6 Å². The molecule has 0 radical (unpaired) electrons. The highest BCUT2D eigenvalue weighted by Gasteiger charge is 2.43. The highest BCUT2D eigenvalue weighted by molar-refractivity contribution is 7.46. The van der Waals surface area contributed by atoms with Gasteiger partial charge < -0.3 is 44.7 Å². The van der Waals surface area contributed by atoms with E-state index in [1.807, 2.05) is 184 Å². The maximum Gasteiger partial charge on any atom is 0.470 e. The fraction of sp³-hybridized carbons (Fsp3) is 0.438. The minimum absolute atomic E-state index is 0.00255. The Kier molecular flexibility index (Phi) is 21.5. The van der Waals surface area contributed by atoms with Crippen LogP contribution < -0.4 is 0 Å². The van der Waals surface area contributed by atoms with Crippen molar-refractivity contribution in [2.45, 2.75) is 120 Å². The van der Waals surface area contributed by atoms with Gasteiger partial charge in [0.1, 0.15) is 11.2 Å². The first-order valence-corrected chi connectivity index (χ1v) is 31.0. The summed E-state index contributed by atoms with van der Waals surface area (Å²) >= 11 is 0. The number of aliphatic hydroxyl groups excluding tert-OH is 1. The second kappa shape index (κ2) is 27.4. The number of phosphoric acid groups is 2. The number of aliphatic hydroxyl groups is 3. The Balaban J connectivity index is 0.000000229. The third-order valence-electron chi connectivity index (χ3n) is 16.2. The molecule has 2 atom stereocenters. The summed E-state index contributed by atoms with van der Waals surface area (Å²) in [6.45, 7) is 15.2. The van der Waals surface area contributed by atoms with E-state index in [0.717, 1.165) is 122 Å². The predicted molar refractivity (Wildman–Crippen MR) is 312 cm³/mol. The molecule has 0 aromatic heterocycles. The third-order valence-corrected chi connectivity index (χ3v) is 17.2. The van der Waals surface area contributed by atoms with Gasteiger partial charge in [-0.05, 0) is 152 Å². The van der Waals surface area contributed by atoms with E-state index in [1.54, 1.807) is 0 Å².